The average molecular weight is 209 g/mol. The molecule has 2 heterocycles. The van der Waals surface area contributed by atoms with E-state index in [-0.39, 0.29) is 12.5 Å². The van der Waals surface area contributed by atoms with Gasteiger partial charge in [0.2, 0.25) is 11.7 Å². The highest BCUT2D eigenvalue weighted by Gasteiger charge is 2.17. The molecule has 0 aromatic carbocycles. The molecule has 0 unspecified atom stereocenters. The zero-order chi connectivity index (χ0) is 10.8. The van der Waals surface area contributed by atoms with Crippen molar-refractivity contribution >= 4 is 0 Å². The van der Waals surface area contributed by atoms with E-state index in [0.29, 0.717) is 11.6 Å². The first kappa shape index (κ1) is 9.88. The van der Waals surface area contributed by atoms with E-state index in [1.807, 2.05) is 6.92 Å². The lowest BCUT2D eigenvalue weighted by molar-refractivity contribution is 0.237. The molecule has 0 amide bonds. The van der Waals surface area contributed by atoms with Gasteiger partial charge in [-0.15, -0.1) is 0 Å². The van der Waals surface area contributed by atoms with E-state index >= 15 is 0 Å². The molecule has 0 aliphatic carbocycles. The van der Waals surface area contributed by atoms with E-state index in [1.165, 1.54) is 0 Å². The number of hydrogen-bond donors (Lipinski definition) is 2. The molecule has 2 aromatic rings. The highest BCUT2D eigenvalue weighted by atomic mass is 16.5. The largest absolute Gasteiger partial charge is 0.461 e. The van der Waals surface area contributed by atoms with Crippen molar-refractivity contribution < 1.29 is 14.0 Å². The van der Waals surface area contributed by atoms with Crippen LogP contribution in [0.3, 0.4) is 0 Å². The fourth-order valence-corrected chi connectivity index (χ4v) is 1.16. The fraction of sp³-hybridized carbons (Fsp3) is 0.333. The van der Waals surface area contributed by atoms with E-state index in [4.69, 9.17) is 19.8 Å². The lowest BCUT2D eigenvalue weighted by Gasteiger charge is -1.98. The summed E-state index contributed by atoms with van der Waals surface area (Å²) in [6.45, 7) is 1.64. The smallest absolute Gasteiger partial charge is 0.246 e. The van der Waals surface area contributed by atoms with Crippen molar-refractivity contribution in [2.24, 2.45) is 5.73 Å². The van der Waals surface area contributed by atoms with Crippen LogP contribution in [0.5, 0.6) is 0 Å². The molecule has 6 nitrogen and oxygen atoms in total. The zero-order valence-electron chi connectivity index (χ0n) is 8.17. The Hall–Kier alpha value is -1.66. The summed E-state index contributed by atoms with van der Waals surface area (Å²) in [5.74, 6) is 1.09. The van der Waals surface area contributed by atoms with E-state index in [9.17, 15) is 0 Å². The Balaban J connectivity index is 2.32. The van der Waals surface area contributed by atoms with Gasteiger partial charge in [-0.3, -0.25) is 0 Å². The van der Waals surface area contributed by atoms with Gasteiger partial charge in [0.15, 0.2) is 5.76 Å². The number of aromatic nitrogens is 2. The Kier molecular flexibility index (Phi) is 2.53. The molecule has 6 heteroatoms. The number of rotatable bonds is 3. The Bertz CT molecular complexity index is 449. The summed E-state index contributed by atoms with van der Waals surface area (Å²) < 4.78 is 10.1. The third-order valence-electron chi connectivity index (χ3n) is 2.02. The predicted molar refractivity (Wildman–Crippen MR) is 50.8 cm³/mol. The number of aliphatic hydroxyl groups excluding tert-OH is 1. The van der Waals surface area contributed by atoms with Gasteiger partial charge in [0.25, 0.3) is 0 Å². The summed E-state index contributed by atoms with van der Waals surface area (Å²) in [7, 11) is 0. The van der Waals surface area contributed by atoms with E-state index < -0.39 is 6.04 Å². The van der Waals surface area contributed by atoms with Gasteiger partial charge in [0.1, 0.15) is 6.04 Å². The highest BCUT2D eigenvalue weighted by Crippen LogP contribution is 2.22. The normalized spacial score (nSPS) is 13.0. The molecule has 1 atom stereocenters. The maximum absolute atomic E-state index is 8.81. The Morgan fingerprint density at radius 3 is 3.00 bits per heavy atom. The SMILES string of the molecule is Cc1ccoc1-c1noc([C@@H](N)CO)n1. The minimum Gasteiger partial charge on any atom is -0.461 e. The van der Waals surface area contributed by atoms with Crippen LogP contribution in [0, 0.1) is 6.92 Å². The molecule has 3 N–H and O–H groups in total. The molecule has 0 aliphatic rings. The number of aryl methyl sites for hydroxylation is 1. The topological polar surface area (TPSA) is 98.3 Å². The van der Waals surface area contributed by atoms with Gasteiger partial charge in [-0.1, -0.05) is 5.16 Å². The molecule has 0 fully saturated rings. The third-order valence-corrected chi connectivity index (χ3v) is 2.02. The molecule has 2 aromatic heterocycles. The van der Waals surface area contributed by atoms with Crippen molar-refractivity contribution in [2.75, 3.05) is 6.61 Å². The van der Waals surface area contributed by atoms with Crippen LogP contribution in [0.2, 0.25) is 0 Å². The minimum absolute atomic E-state index is 0.198. The first-order valence-electron chi connectivity index (χ1n) is 4.47. The quantitative estimate of drug-likeness (QED) is 0.769. The molecular weight excluding hydrogens is 198 g/mol. The molecule has 80 valence electrons. The van der Waals surface area contributed by atoms with Crippen molar-refractivity contribution in [3.63, 3.8) is 0 Å². The second kappa shape index (κ2) is 3.84. The summed E-state index contributed by atoms with van der Waals surface area (Å²) in [6.07, 6.45) is 1.55. The summed E-state index contributed by atoms with van der Waals surface area (Å²) in [6, 6.07) is 1.15. The number of aliphatic hydroxyl groups is 1. The number of nitrogens with zero attached hydrogens (tertiary/aromatic N) is 2. The van der Waals surface area contributed by atoms with Gasteiger partial charge >= 0.3 is 0 Å². The molecule has 2 rings (SSSR count). The molecular formula is C9H11N3O3. The fourth-order valence-electron chi connectivity index (χ4n) is 1.16. The van der Waals surface area contributed by atoms with Crippen molar-refractivity contribution in [1.29, 1.82) is 0 Å². The van der Waals surface area contributed by atoms with Gasteiger partial charge in [-0.2, -0.15) is 4.98 Å². The summed E-state index contributed by atoms with van der Waals surface area (Å²) in [4.78, 5) is 4.03. The Morgan fingerprint density at radius 1 is 1.60 bits per heavy atom. The molecule has 0 bridgehead atoms. The van der Waals surface area contributed by atoms with Gasteiger partial charge in [-0.25, -0.2) is 0 Å². The van der Waals surface area contributed by atoms with Gasteiger partial charge < -0.3 is 19.8 Å². The molecule has 0 aliphatic heterocycles. The van der Waals surface area contributed by atoms with E-state index in [2.05, 4.69) is 10.1 Å². The number of furan rings is 1. The maximum Gasteiger partial charge on any atom is 0.246 e. The van der Waals surface area contributed by atoms with Crippen LogP contribution in [-0.2, 0) is 0 Å². The molecule has 0 saturated heterocycles. The first-order valence-corrected chi connectivity index (χ1v) is 4.47. The second-order valence-corrected chi connectivity index (χ2v) is 3.18. The van der Waals surface area contributed by atoms with Crippen molar-refractivity contribution in [3.8, 4) is 11.6 Å². The van der Waals surface area contributed by atoms with Crippen LogP contribution >= 0.6 is 0 Å². The van der Waals surface area contributed by atoms with Crippen LogP contribution in [0.4, 0.5) is 0 Å². The maximum atomic E-state index is 8.81. The van der Waals surface area contributed by atoms with Crippen molar-refractivity contribution in [3.05, 3.63) is 23.8 Å². The van der Waals surface area contributed by atoms with Gasteiger partial charge in [0, 0.05) is 0 Å². The number of nitrogens with two attached hydrogens (primary N) is 1. The zero-order valence-corrected chi connectivity index (χ0v) is 8.17. The molecule has 0 spiro atoms. The molecule has 0 radical (unpaired) electrons. The first-order chi connectivity index (χ1) is 7.22. The third kappa shape index (κ3) is 1.77. The van der Waals surface area contributed by atoms with Gasteiger partial charge in [-0.05, 0) is 18.6 Å². The van der Waals surface area contributed by atoms with Crippen LogP contribution in [0.1, 0.15) is 17.5 Å². The summed E-state index contributed by atoms with van der Waals surface area (Å²) in [5.41, 5.74) is 6.44. The van der Waals surface area contributed by atoms with E-state index in [1.54, 1.807) is 12.3 Å². The van der Waals surface area contributed by atoms with Gasteiger partial charge in [0.05, 0.1) is 12.9 Å². The summed E-state index contributed by atoms with van der Waals surface area (Å²) in [5, 5.41) is 12.5. The summed E-state index contributed by atoms with van der Waals surface area (Å²) >= 11 is 0. The van der Waals surface area contributed by atoms with Crippen LogP contribution in [0.15, 0.2) is 21.3 Å². The van der Waals surface area contributed by atoms with Crippen molar-refractivity contribution in [2.45, 2.75) is 13.0 Å². The average Bonchev–Trinajstić information content (AvgIpc) is 2.84. The highest BCUT2D eigenvalue weighted by molar-refractivity contribution is 5.50. The standard InChI is InChI=1S/C9H11N3O3/c1-5-2-3-14-7(5)8-11-9(15-12-8)6(10)4-13/h2-3,6,13H,4,10H2,1H3/t6-/m0/s1. The monoisotopic (exact) mass is 209 g/mol. The second-order valence-electron chi connectivity index (χ2n) is 3.18. The lowest BCUT2D eigenvalue weighted by Crippen LogP contribution is -2.14. The van der Waals surface area contributed by atoms with Crippen LogP contribution in [-0.4, -0.2) is 21.9 Å². The Labute approximate surface area is 85.7 Å². The Morgan fingerprint density at radius 2 is 2.40 bits per heavy atom. The van der Waals surface area contributed by atoms with E-state index in [0.717, 1.165) is 5.56 Å². The van der Waals surface area contributed by atoms with Crippen LogP contribution in [0.25, 0.3) is 11.6 Å². The number of hydrogen-bond acceptors (Lipinski definition) is 6. The molecule has 0 saturated carbocycles. The minimum atomic E-state index is -0.651. The lowest BCUT2D eigenvalue weighted by atomic mass is 10.3. The predicted octanol–water partition coefficient (Wildman–Crippen LogP) is 0.630. The molecule has 15 heavy (non-hydrogen) atoms. The van der Waals surface area contributed by atoms with Crippen molar-refractivity contribution in [1.82, 2.24) is 10.1 Å². The van der Waals surface area contributed by atoms with Crippen LogP contribution < -0.4 is 5.73 Å².